The van der Waals surface area contributed by atoms with E-state index < -0.39 is 27.8 Å². The minimum Gasteiger partial charge on any atom is -0.355 e. The first-order chi connectivity index (χ1) is 9.33. The maximum atomic E-state index is 13.5. The predicted molar refractivity (Wildman–Crippen MR) is 72.8 cm³/mol. The van der Waals surface area contributed by atoms with Crippen LogP contribution in [0.2, 0.25) is 0 Å². The molecule has 0 aliphatic carbocycles. The second kappa shape index (κ2) is 6.78. The van der Waals surface area contributed by atoms with Gasteiger partial charge in [-0.25, -0.2) is 12.8 Å². The van der Waals surface area contributed by atoms with E-state index in [1.54, 1.807) is 6.92 Å². The average Bonchev–Trinajstić information content (AvgIpc) is 2.38. The maximum Gasteiger partial charge on any atom is 0.241 e. The molecule has 0 saturated carbocycles. The Morgan fingerprint density at radius 1 is 1.45 bits per heavy atom. The molecule has 112 valence electrons. The molecule has 0 aliphatic heterocycles. The lowest BCUT2D eigenvalue weighted by Gasteiger charge is -2.15. The molecular weight excluding hydrogens is 285 g/mol. The first-order valence-corrected chi connectivity index (χ1v) is 7.59. The molecule has 1 atom stereocenters. The van der Waals surface area contributed by atoms with Gasteiger partial charge in [-0.3, -0.25) is 4.79 Å². The van der Waals surface area contributed by atoms with Gasteiger partial charge in [-0.05, 0) is 26.0 Å². The second-order valence-electron chi connectivity index (χ2n) is 4.16. The van der Waals surface area contributed by atoms with Gasteiger partial charge >= 0.3 is 0 Å². The lowest BCUT2D eigenvalue weighted by molar-refractivity contribution is -0.122. The van der Waals surface area contributed by atoms with Crippen LogP contribution in [0.15, 0.2) is 23.1 Å². The van der Waals surface area contributed by atoms with Crippen molar-refractivity contribution in [3.63, 3.8) is 0 Å². The zero-order chi connectivity index (χ0) is 15.3. The molecule has 1 aromatic carbocycles. The van der Waals surface area contributed by atoms with Crippen molar-refractivity contribution in [3.8, 4) is 0 Å². The number of hydrogen-bond acceptors (Lipinski definition) is 4. The Morgan fingerprint density at radius 3 is 2.65 bits per heavy atom. The summed E-state index contributed by atoms with van der Waals surface area (Å²) in [6.45, 7) is 3.26. The minimum absolute atomic E-state index is 0.108. The molecule has 0 bridgehead atoms. The minimum atomic E-state index is -4.02. The number of benzene rings is 1. The third-order valence-electron chi connectivity index (χ3n) is 2.65. The van der Waals surface area contributed by atoms with E-state index in [1.165, 1.54) is 19.1 Å². The van der Waals surface area contributed by atoms with E-state index >= 15 is 0 Å². The van der Waals surface area contributed by atoms with E-state index in [4.69, 9.17) is 5.73 Å². The van der Waals surface area contributed by atoms with Gasteiger partial charge in [-0.15, -0.1) is 0 Å². The fraction of sp³-hybridized carbons (Fsp3) is 0.417. The normalized spacial score (nSPS) is 13.0. The van der Waals surface area contributed by atoms with Crippen molar-refractivity contribution in [2.24, 2.45) is 5.73 Å². The van der Waals surface area contributed by atoms with Crippen LogP contribution in [-0.4, -0.2) is 26.9 Å². The van der Waals surface area contributed by atoms with E-state index in [-0.39, 0.29) is 17.0 Å². The highest BCUT2D eigenvalue weighted by molar-refractivity contribution is 7.89. The molecule has 8 heteroatoms. The Labute approximate surface area is 117 Å². The Kier molecular flexibility index (Phi) is 5.61. The molecule has 4 N–H and O–H groups in total. The molecule has 1 amide bonds. The van der Waals surface area contributed by atoms with Gasteiger partial charge in [0.2, 0.25) is 15.9 Å². The Hall–Kier alpha value is -1.51. The van der Waals surface area contributed by atoms with Gasteiger partial charge in [0.1, 0.15) is 5.82 Å². The highest BCUT2D eigenvalue weighted by Gasteiger charge is 2.24. The molecule has 1 aromatic rings. The first-order valence-electron chi connectivity index (χ1n) is 6.11. The lowest BCUT2D eigenvalue weighted by Crippen LogP contribution is -2.44. The van der Waals surface area contributed by atoms with E-state index in [1.807, 2.05) is 0 Å². The standard InChI is InChI=1S/C12H18FN3O3S/c1-3-15-12(17)8(2)16-20(18,19)11-6-4-5-10(13)9(11)7-14/h4-6,8,16H,3,7,14H2,1-2H3,(H,15,17). The molecule has 0 saturated heterocycles. The van der Waals surface area contributed by atoms with Gasteiger partial charge in [-0.1, -0.05) is 6.07 Å². The maximum absolute atomic E-state index is 13.5. The molecule has 0 aliphatic rings. The topological polar surface area (TPSA) is 101 Å². The van der Waals surface area contributed by atoms with Gasteiger partial charge < -0.3 is 11.1 Å². The molecule has 0 radical (unpaired) electrons. The quantitative estimate of drug-likeness (QED) is 0.693. The number of sulfonamides is 1. The molecule has 0 aromatic heterocycles. The largest absolute Gasteiger partial charge is 0.355 e. The highest BCUT2D eigenvalue weighted by atomic mass is 32.2. The van der Waals surface area contributed by atoms with E-state index in [9.17, 15) is 17.6 Å². The predicted octanol–water partition coefficient (Wildman–Crippen LogP) is 0.0873. The molecule has 1 unspecified atom stereocenters. The van der Waals surface area contributed by atoms with Crippen molar-refractivity contribution in [1.82, 2.24) is 10.0 Å². The number of hydrogen-bond donors (Lipinski definition) is 3. The summed E-state index contributed by atoms with van der Waals surface area (Å²) in [5, 5.41) is 2.49. The van der Waals surface area contributed by atoms with Gasteiger partial charge in [0.05, 0.1) is 10.9 Å². The molecular formula is C12H18FN3O3S. The highest BCUT2D eigenvalue weighted by Crippen LogP contribution is 2.18. The summed E-state index contributed by atoms with van der Waals surface area (Å²) < 4.78 is 40.1. The molecule has 6 nitrogen and oxygen atoms in total. The number of likely N-dealkylation sites (N-methyl/N-ethyl adjacent to an activating group) is 1. The van der Waals surface area contributed by atoms with E-state index in [0.717, 1.165) is 6.07 Å². The summed E-state index contributed by atoms with van der Waals surface area (Å²) in [6, 6.07) is 2.70. The third-order valence-corrected chi connectivity index (χ3v) is 4.27. The smallest absolute Gasteiger partial charge is 0.241 e. The summed E-state index contributed by atoms with van der Waals surface area (Å²) in [5.74, 6) is -1.15. The Bertz CT molecular complexity index is 590. The number of amides is 1. The van der Waals surface area contributed by atoms with Crippen molar-refractivity contribution >= 4 is 15.9 Å². The summed E-state index contributed by atoms with van der Waals surface area (Å²) in [4.78, 5) is 11.3. The fourth-order valence-electron chi connectivity index (χ4n) is 1.67. The SMILES string of the molecule is CCNC(=O)C(C)NS(=O)(=O)c1cccc(F)c1CN. The first kappa shape index (κ1) is 16.5. The van der Waals surface area contributed by atoms with Crippen molar-refractivity contribution in [2.45, 2.75) is 31.3 Å². The van der Waals surface area contributed by atoms with Gasteiger partial charge in [-0.2, -0.15) is 4.72 Å². The van der Waals surface area contributed by atoms with Crippen molar-refractivity contribution < 1.29 is 17.6 Å². The summed E-state index contributed by atoms with van der Waals surface area (Å²) >= 11 is 0. The van der Waals surface area contributed by atoms with Gasteiger partial charge in [0.25, 0.3) is 0 Å². The average molecular weight is 303 g/mol. The van der Waals surface area contributed by atoms with E-state index in [2.05, 4.69) is 10.0 Å². The molecule has 20 heavy (non-hydrogen) atoms. The number of carbonyl (C=O) groups excluding carboxylic acids is 1. The summed E-state index contributed by atoms with van der Waals surface area (Å²) in [5.41, 5.74) is 5.27. The van der Waals surface area contributed by atoms with Crippen LogP contribution >= 0.6 is 0 Å². The molecule has 0 fully saturated rings. The number of nitrogens with one attached hydrogen (secondary N) is 2. The number of nitrogens with two attached hydrogens (primary N) is 1. The number of carbonyl (C=O) groups is 1. The van der Waals surface area contributed by atoms with Crippen molar-refractivity contribution in [3.05, 3.63) is 29.6 Å². The monoisotopic (exact) mass is 303 g/mol. The van der Waals surface area contributed by atoms with Crippen molar-refractivity contribution in [1.29, 1.82) is 0 Å². The van der Waals surface area contributed by atoms with Crippen LogP contribution in [0.4, 0.5) is 4.39 Å². The van der Waals surface area contributed by atoms with Crippen LogP contribution in [0.25, 0.3) is 0 Å². The number of rotatable bonds is 6. The zero-order valence-electron chi connectivity index (χ0n) is 11.3. The second-order valence-corrected chi connectivity index (χ2v) is 5.84. The zero-order valence-corrected chi connectivity index (χ0v) is 12.1. The van der Waals surface area contributed by atoms with Gasteiger partial charge in [0.15, 0.2) is 0 Å². The van der Waals surface area contributed by atoms with Crippen molar-refractivity contribution in [2.75, 3.05) is 6.54 Å². The summed E-state index contributed by atoms with van der Waals surface area (Å²) in [7, 11) is -4.02. The van der Waals surface area contributed by atoms with Crippen LogP contribution in [0, 0.1) is 5.82 Å². The third kappa shape index (κ3) is 3.75. The lowest BCUT2D eigenvalue weighted by atomic mass is 10.2. The van der Waals surface area contributed by atoms with E-state index in [0.29, 0.717) is 6.54 Å². The van der Waals surface area contributed by atoms with Crippen LogP contribution < -0.4 is 15.8 Å². The molecule has 1 rings (SSSR count). The molecule has 0 heterocycles. The van der Waals surface area contributed by atoms with Crippen LogP contribution in [0.5, 0.6) is 0 Å². The Balaban J connectivity index is 3.06. The molecule has 0 spiro atoms. The van der Waals surface area contributed by atoms with Crippen LogP contribution in [0.1, 0.15) is 19.4 Å². The Morgan fingerprint density at radius 2 is 2.10 bits per heavy atom. The van der Waals surface area contributed by atoms with Crippen LogP contribution in [-0.2, 0) is 21.4 Å². The fourth-order valence-corrected chi connectivity index (χ4v) is 3.13. The van der Waals surface area contributed by atoms with Gasteiger partial charge in [0, 0.05) is 18.7 Å². The number of halogens is 1. The van der Waals surface area contributed by atoms with Crippen LogP contribution in [0.3, 0.4) is 0 Å². The summed E-state index contributed by atoms with van der Waals surface area (Å²) in [6.07, 6.45) is 0.